The lowest BCUT2D eigenvalue weighted by molar-refractivity contribution is -0.130. The van der Waals surface area contributed by atoms with Gasteiger partial charge in [-0.1, -0.05) is 0 Å². The first-order chi connectivity index (χ1) is 5.33. The van der Waals surface area contributed by atoms with Gasteiger partial charge in [0, 0.05) is 6.42 Å². The van der Waals surface area contributed by atoms with Gasteiger partial charge < -0.3 is 0 Å². The summed E-state index contributed by atoms with van der Waals surface area (Å²) < 4.78 is 0. The Morgan fingerprint density at radius 3 is 3.09 bits per heavy atom. The highest BCUT2D eigenvalue weighted by molar-refractivity contribution is 7.38. The SMILES string of the molecule is O=C(CC1CCCPC1)NO. The highest BCUT2D eigenvalue weighted by Gasteiger charge is 2.16. The second-order valence-electron chi connectivity index (χ2n) is 2.95. The highest BCUT2D eigenvalue weighted by Crippen LogP contribution is 2.29. The van der Waals surface area contributed by atoms with Gasteiger partial charge in [-0.05, 0) is 31.1 Å². The smallest absolute Gasteiger partial charge is 0.243 e. The predicted octanol–water partition coefficient (Wildman–Crippen LogP) is 0.970. The van der Waals surface area contributed by atoms with E-state index in [1.807, 2.05) is 0 Å². The molecule has 0 aromatic carbocycles. The molecule has 2 N–H and O–H groups in total. The van der Waals surface area contributed by atoms with Crippen molar-refractivity contribution in [1.82, 2.24) is 5.48 Å². The van der Waals surface area contributed by atoms with Gasteiger partial charge in [0.15, 0.2) is 0 Å². The van der Waals surface area contributed by atoms with Gasteiger partial charge in [-0.2, -0.15) is 0 Å². The van der Waals surface area contributed by atoms with E-state index < -0.39 is 0 Å². The van der Waals surface area contributed by atoms with E-state index >= 15 is 0 Å². The van der Waals surface area contributed by atoms with E-state index in [2.05, 4.69) is 0 Å². The maximum Gasteiger partial charge on any atom is 0.243 e. The van der Waals surface area contributed by atoms with Crippen molar-refractivity contribution in [3.8, 4) is 0 Å². The van der Waals surface area contributed by atoms with Gasteiger partial charge in [0.1, 0.15) is 0 Å². The lowest BCUT2D eigenvalue weighted by atomic mass is 10.0. The van der Waals surface area contributed by atoms with E-state index in [0.29, 0.717) is 12.3 Å². The molecule has 2 unspecified atom stereocenters. The maximum absolute atomic E-state index is 10.7. The zero-order chi connectivity index (χ0) is 8.10. The molecule has 1 aliphatic rings. The molecule has 0 aromatic heterocycles. The first-order valence-corrected chi connectivity index (χ1v) is 5.38. The molecule has 0 spiro atoms. The summed E-state index contributed by atoms with van der Waals surface area (Å²) in [5.41, 5.74) is 1.68. The van der Waals surface area contributed by atoms with Gasteiger partial charge in [0.25, 0.3) is 0 Å². The van der Waals surface area contributed by atoms with Crippen LogP contribution in [-0.2, 0) is 4.79 Å². The van der Waals surface area contributed by atoms with Gasteiger partial charge in [-0.15, -0.1) is 8.58 Å². The minimum Gasteiger partial charge on any atom is -0.289 e. The highest BCUT2D eigenvalue weighted by atomic mass is 31.1. The number of carbonyl (C=O) groups is 1. The van der Waals surface area contributed by atoms with Crippen LogP contribution in [0.4, 0.5) is 0 Å². The lowest BCUT2D eigenvalue weighted by Crippen LogP contribution is -2.23. The minimum absolute atomic E-state index is 0.235. The molecule has 1 saturated heterocycles. The summed E-state index contributed by atoms with van der Waals surface area (Å²) in [6, 6.07) is 0. The van der Waals surface area contributed by atoms with Crippen LogP contribution in [0.5, 0.6) is 0 Å². The normalized spacial score (nSPS) is 26.8. The summed E-state index contributed by atoms with van der Waals surface area (Å²) in [5.74, 6) is 0.288. The van der Waals surface area contributed by atoms with E-state index in [4.69, 9.17) is 5.21 Å². The van der Waals surface area contributed by atoms with Crippen LogP contribution in [-0.4, -0.2) is 23.4 Å². The maximum atomic E-state index is 10.7. The van der Waals surface area contributed by atoms with Crippen molar-refractivity contribution in [1.29, 1.82) is 0 Å². The Morgan fingerprint density at radius 2 is 2.55 bits per heavy atom. The molecule has 64 valence electrons. The summed E-state index contributed by atoms with van der Waals surface area (Å²) in [6.45, 7) is 0. The minimum atomic E-state index is -0.235. The molecule has 1 aliphatic heterocycles. The van der Waals surface area contributed by atoms with Crippen LogP contribution in [0.2, 0.25) is 0 Å². The Bertz CT molecular complexity index is 134. The van der Waals surface area contributed by atoms with Gasteiger partial charge in [0.05, 0.1) is 0 Å². The van der Waals surface area contributed by atoms with Crippen LogP contribution in [0.15, 0.2) is 0 Å². The molecule has 0 aromatic rings. The Kier molecular flexibility index (Phi) is 3.81. The molecule has 1 rings (SSSR count). The van der Waals surface area contributed by atoms with Crippen molar-refractivity contribution in [2.75, 3.05) is 12.3 Å². The quantitative estimate of drug-likeness (QED) is 0.373. The Hall–Kier alpha value is -0.140. The molecule has 1 amide bonds. The first-order valence-electron chi connectivity index (χ1n) is 3.96. The average Bonchev–Trinajstić information content (AvgIpc) is 2.06. The first kappa shape index (κ1) is 8.95. The summed E-state index contributed by atoms with van der Waals surface area (Å²) in [4.78, 5) is 10.7. The second-order valence-corrected chi connectivity index (χ2v) is 4.36. The molecule has 1 heterocycles. The van der Waals surface area contributed by atoms with Crippen molar-refractivity contribution < 1.29 is 10.0 Å². The Morgan fingerprint density at radius 1 is 1.73 bits per heavy atom. The molecule has 0 bridgehead atoms. The van der Waals surface area contributed by atoms with Crippen LogP contribution >= 0.6 is 8.58 Å². The molecule has 4 heteroatoms. The van der Waals surface area contributed by atoms with E-state index in [9.17, 15) is 4.79 Å². The third-order valence-electron chi connectivity index (χ3n) is 2.00. The zero-order valence-electron chi connectivity index (χ0n) is 6.47. The van der Waals surface area contributed by atoms with Crippen LogP contribution in [0.1, 0.15) is 19.3 Å². The number of rotatable bonds is 2. The second kappa shape index (κ2) is 4.68. The molecular weight excluding hydrogens is 161 g/mol. The average molecular weight is 175 g/mol. The van der Waals surface area contributed by atoms with E-state index in [0.717, 1.165) is 15.0 Å². The van der Waals surface area contributed by atoms with Gasteiger partial charge >= 0.3 is 0 Å². The van der Waals surface area contributed by atoms with Gasteiger partial charge in [-0.3, -0.25) is 10.0 Å². The number of carbonyl (C=O) groups excluding carboxylic acids is 1. The topological polar surface area (TPSA) is 49.3 Å². The fourth-order valence-corrected chi connectivity index (χ4v) is 2.82. The third kappa shape index (κ3) is 3.17. The number of amides is 1. The van der Waals surface area contributed by atoms with Gasteiger partial charge in [0.2, 0.25) is 5.91 Å². The molecule has 0 aliphatic carbocycles. The summed E-state index contributed by atoms with van der Waals surface area (Å²) in [5, 5.41) is 8.27. The number of hydrogen-bond donors (Lipinski definition) is 2. The van der Waals surface area contributed by atoms with Crippen molar-refractivity contribution in [2.24, 2.45) is 5.92 Å². The summed E-state index contributed by atoms with van der Waals surface area (Å²) in [6.07, 6.45) is 5.41. The Labute approximate surface area is 68.3 Å². The molecular formula is C7H14NO2P. The van der Waals surface area contributed by atoms with Crippen molar-refractivity contribution in [2.45, 2.75) is 19.3 Å². The van der Waals surface area contributed by atoms with Crippen LogP contribution in [0.3, 0.4) is 0 Å². The van der Waals surface area contributed by atoms with E-state index in [1.165, 1.54) is 18.7 Å². The number of nitrogens with one attached hydrogen (secondary N) is 1. The number of hydroxylamine groups is 1. The Balaban J connectivity index is 2.19. The fourth-order valence-electron chi connectivity index (χ4n) is 1.41. The predicted molar refractivity (Wildman–Crippen MR) is 45.3 cm³/mol. The molecule has 11 heavy (non-hydrogen) atoms. The van der Waals surface area contributed by atoms with Crippen molar-refractivity contribution >= 4 is 14.5 Å². The van der Waals surface area contributed by atoms with Crippen molar-refractivity contribution in [3.05, 3.63) is 0 Å². The van der Waals surface area contributed by atoms with Crippen molar-refractivity contribution in [3.63, 3.8) is 0 Å². The molecule has 2 atom stereocenters. The van der Waals surface area contributed by atoms with Gasteiger partial charge in [-0.25, -0.2) is 5.48 Å². The third-order valence-corrected chi connectivity index (χ3v) is 3.57. The monoisotopic (exact) mass is 175 g/mol. The zero-order valence-corrected chi connectivity index (χ0v) is 7.47. The fraction of sp³-hybridized carbons (Fsp3) is 0.857. The summed E-state index contributed by atoms with van der Waals surface area (Å²) in [7, 11) is 1.02. The molecule has 0 radical (unpaired) electrons. The molecule has 1 fully saturated rings. The van der Waals surface area contributed by atoms with E-state index in [1.54, 1.807) is 5.48 Å². The van der Waals surface area contributed by atoms with Crippen LogP contribution in [0.25, 0.3) is 0 Å². The summed E-state index contributed by atoms with van der Waals surface area (Å²) >= 11 is 0. The number of hydrogen-bond acceptors (Lipinski definition) is 2. The molecule has 0 saturated carbocycles. The lowest BCUT2D eigenvalue weighted by Gasteiger charge is -2.20. The largest absolute Gasteiger partial charge is 0.289 e. The molecule has 3 nitrogen and oxygen atoms in total. The van der Waals surface area contributed by atoms with E-state index in [-0.39, 0.29) is 5.91 Å². The van der Waals surface area contributed by atoms with Crippen LogP contribution < -0.4 is 5.48 Å². The van der Waals surface area contributed by atoms with Crippen LogP contribution in [0, 0.1) is 5.92 Å². The standard InChI is InChI=1S/C7H14NO2P/c9-7(8-10)4-6-2-1-3-11-5-6/h6,10-11H,1-5H2,(H,8,9).